The van der Waals surface area contributed by atoms with E-state index in [1.807, 2.05) is 0 Å². The molecule has 0 spiro atoms. The molecule has 16 heteroatoms. The average Bonchev–Trinajstić information content (AvgIpc) is 3.17. The summed E-state index contributed by atoms with van der Waals surface area (Å²) in [5.41, 5.74) is 6.06. The van der Waals surface area contributed by atoms with E-state index < -0.39 is 141 Å². The topological polar surface area (TPSA) is 304 Å². The zero-order chi connectivity index (χ0) is 43.3. The Morgan fingerprint density at radius 3 is 1.30 bits per heavy atom. The molecule has 0 aliphatic heterocycles. The lowest BCUT2D eigenvalue weighted by molar-refractivity contribution is -0.177. The van der Waals surface area contributed by atoms with E-state index in [9.17, 15) is 68.4 Å². The van der Waals surface area contributed by atoms with Gasteiger partial charge >= 0.3 is 0 Å². The number of Topliss-reactive ketones (excluding diaryl/α,β-unsaturated/α-hetero) is 8. The Kier molecular flexibility index (Phi) is 9.37. The predicted octanol–water partition coefficient (Wildman–Crippen LogP) is -0.849. The smallest absolute Gasteiger partial charge is 0.235 e. The molecule has 0 heterocycles. The third-order valence-electron chi connectivity index (χ3n) is 13.4. The summed E-state index contributed by atoms with van der Waals surface area (Å²) in [5.74, 6) is -10.6. The van der Waals surface area contributed by atoms with Gasteiger partial charge in [0.25, 0.3) is 0 Å². The van der Waals surface area contributed by atoms with E-state index in [1.54, 1.807) is 0 Å². The maximum atomic E-state index is 13.8. The van der Waals surface area contributed by atoms with Crippen molar-refractivity contribution in [1.82, 2.24) is 0 Å². The summed E-state index contributed by atoms with van der Waals surface area (Å²) in [6.07, 6.45) is -0.530. The van der Waals surface area contributed by atoms with Crippen LogP contribution in [0, 0.1) is 71.0 Å². The van der Waals surface area contributed by atoms with Gasteiger partial charge in [-0.1, -0.05) is 23.7 Å². The number of phenols is 2. The van der Waals surface area contributed by atoms with Gasteiger partial charge in [-0.05, 0) is 72.9 Å². The van der Waals surface area contributed by atoms with Gasteiger partial charge in [0, 0.05) is 48.6 Å². The Hall–Kier alpha value is -6.62. The van der Waals surface area contributed by atoms with Gasteiger partial charge in [-0.25, -0.2) is 0 Å². The summed E-state index contributed by atoms with van der Waals surface area (Å²) >= 11 is 0. The lowest BCUT2D eigenvalue weighted by Gasteiger charge is -2.48. The number of aromatic hydroxyl groups is 2. The van der Waals surface area contributed by atoms with Gasteiger partial charge in [-0.15, -0.1) is 0 Å². The second kappa shape index (κ2) is 14.0. The predicted molar refractivity (Wildman–Crippen MR) is 200 cm³/mol. The molecule has 2 amide bonds. The molecule has 4 unspecified atom stereocenters. The maximum absolute atomic E-state index is 13.8. The normalized spacial score (nSPS) is 32.8. The van der Waals surface area contributed by atoms with Crippen LogP contribution in [0.25, 0.3) is 0 Å². The zero-order valence-electron chi connectivity index (χ0n) is 31.6. The minimum Gasteiger partial charge on any atom is -0.507 e. The lowest BCUT2D eigenvalue weighted by Crippen LogP contribution is -2.68. The highest BCUT2D eigenvalue weighted by Gasteiger charge is 2.67. The molecule has 0 bridgehead atoms. The molecule has 8 N–H and O–H groups in total. The Balaban J connectivity index is 1.00. The monoisotopic (exact) mass is 816 g/mol. The van der Waals surface area contributed by atoms with Crippen LogP contribution >= 0.6 is 0 Å². The van der Waals surface area contributed by atoms with Crippen LogP contribution in [-0.2, 0) is 51.2 Å². The van der Waals surface area contributed by atoms with Crippen molar-refractivity contribution < 1.29 is 68.4 Å². The molecule has 16 nitrogen and oxygen atoms in total. The van der Waals surface area contributed by atoms with Crippen molar-refractivity contribution in [3.8, 4) is 35.2 Å². The lowest BCUT2D eigenvalue weighted by atomic mass is 9.53. The number of primary amides is 2. The van der Waals surface area contributed by atoms with E-state index >= 15 is 0 Å². The molecule has 306 valence electrons. The van der Waals surface area contributed by atoms with Gasteiger partial charge < -0.3 is 31.9 Å². The number of phenolic OH excluding ortho intramolecular Hbond substituents is 2. The van der Waals surface area contributed by atoms with E-state index in [4.69, 9.17) is 11.5 Å². The van der Waals surface area contributed by atoms with Crippen LogP contribution in [0.2, 0.25) is 0 Å². The quantitative estimate of drug-likeness (QED) is 0.125. The van der Waals surface area contributed by atoms with Crippen LogP contribution in [0.5, 0.6) is 11.5 Å². The van der Waals surface area contributed by atoms with Gasteiger partial charge in [0.05, 0.1) is 23.0 Å². The highest BCUT2D eigenvalue weighted by atomic mass is 16.3. The first-order valence-electron chi connectivity index (χ1n) is 19.4. The Morgan fingerprint density at radius 1 is 0.583 bits per heavy atom. The second-order valence-electron chi connectivity index (χ2n) is 16.6. The number of aliphatic hydroxyl groups is 2. The summed E-state index contributed by atoms with van der Waals surface area (Å²) in [4.78, 5) is 130. The first-order chi connectivity index (χ1) is 28.3. The molecular weight excluding hydrogens is 780 g/mol. The average molecular weight is 817 g/mol. The third-order valence-corrected chi connectivity index (χ3v) is 13.4. The van der Waals surface area contributed by atoms with Crippen LogP contribution in [0.4, 0.5) is 0 Å². The van der Waals surface area contributed by atoms with E-state index in [-0.39, 0.29) is 49.7 Å². The van der Waals surface area contributed by atoms with Crippen LogP contribution < -0.4 is 11.5 Å². The number of nitrogens with two attached hydrogens (primary N) is 2. The van der Waals surface area contributed by atoms with E-state index in [2.05, 4.69) is 23.7 Å². The van der Waals surface area contributed by atoms with E-state index in [0.717, 1.165) is 0 Å². The summed E-state index contributed by atoms with van der Waals surface area (Å²) in [7, 11) is 0. The zero-order valence-corrected chi connectivity index (χ0v) is 31.6. The standard InChI is InChI=1S/C44H36N2O14/c45-41(57)33-27(49)15-21-11-19-13-23-17(7-9-25(47)31(23)35(51)29(19)37(53)43(21,59)39(33)55)5-3-1-2-4-6-18-8-10-26(48)32-24(18)14-20-12-22-16-28(50)34(42(46)58)40(56)44(22,60)38(54)30(20)36(32)52/h7-10,19-22,29-30,33-34,47-48,59-60H,1-2,11-16H2,(H2,45,57)(H2,46,58)/t19-,20-,21+,22+,29?,30?,33?,34?,43+,44+/m1/s1. The number of rotatable bonds is 3. The van der Waals surface area contributed by atoms with E-state index in [0.29, 0.717) is 22.3 Å². The van der Waals surface area contributed by atoms with Crippen LogP contribution in [0.15, 0.2) is 24.3 Å². The highest BCUT2D eigenvalue weighted by molar-refractivity contribution is 6.32. The number of carbonyl (C=O) groups excluding carboxylic acids is 10. The Bertz CT molecular complexity index is 2430. The molecule has 0 radical (unpaired) electrons. The highest BCUT2D eigenvalue weighted by Crippen LogP contribution is 2.52. The summed E-state index contributed by atoms with van der Waals surface area (Å²) in [6.45, 7) is 0. The van der Waals surface area contributed by atoms with Gasteiger partial charge in [0.2, 0.25) is 11.8 Å². The number of unbranched alkanes of at least 4 members (excludes halogenated alkanes) is 1. The summed E-state index contributed by atoms with van der Waals surface area (Å²) in [6, 6.07) is 5.49. The summed E-state index contributed by atoms with van der Waals surface area (Å²) < 4.78 is 0. The molecule has 4 fully saturated rings. The largest absolute Gasteiger partial charge is 0.507 e. The van der Waals surface area contributed by atoms with Crippen molar-refractivity contribution in [3.05, 3.63) is 57.6 Å². The van der Waals surface area contributed by atoms with Crippen molar-refractivity contribution in [2.75, 3.05) is 0 Å². The fourth-order valence-corrected chi connectivity index (χ4v) is 10.6. The maximum Gasteiger partial charge on any atom is 0.235 e. The van der Waals surface area contributed by atoms with Crippen molar-refractivity contribution >= 4 is 58.1 Å². The minimum absolute atomic E-state index is 0.0581. The number of benzene rings is 2. The molecule has 6 aliphatic carbocycles. The number of amides is 2. The fraction of sp³-hybridized carbons (Fsp3) is 0.409. The first kappa shape index (κ1) is 40.2. The van der Waals surface area contributed by atoms with Crippen molar-refractivity contribution in [1.29, 1.82) is 0 Å². The molecule has 2 aromatic carbocycles. The van der Waals surface area contributed by atoms with E-state index in [1.165, 1.54) is 24.3 Å². The second-order valence-corrected chi connectivity index (χ2v) is 16.6. The molecule has 0 saturated heterocycles. The SMILES string of the molecule is NC(=O)C1C(=O)C[C@@H]2C[C@@H]3Cc4c(C#CCCC#Cc5ccc(O)c6c5C[C@H]5C[C@H]7CC(=O)C(C(N)=O)C(=O)[C@@]7(O)C(=O)C5C6=O)ccc(O)c4C(=O)C3C(=O)[C@]2(O)C1=O. The van der Waals surface area contributed by atoms with Crippen molar-refractivity contribution in [2.45, 2.75) is 62.6 Å². The molecule has 4 saturated carbocycles. The van der Waals surface area contributed by atoms with Crippen molar-refractivity contribution in [3.63, 3.8) is 0 Å². The van der Waals surface area contributed by atoms with Gasteiger partial charge in [-0.2, -0.15) is 0 Å². The van der Waals surface area contributed by atoms with Gasteiger partial charge in [-0.3, -0.25) is 47.9 Å². The number of hydrogen-bond acceptors (Lipinski definition) is 14. The molecule has 6 aliphatic rings. The van der Waals surface area contributed by atoms with Crippen molar-refractivity contribution in [2.24, 2.45) is 58.8 Å². The molecule has 2 aromatic rings. The number of carbonyl (C=O) groups is 10. The third kappa shape index (κ3) is 5.62. The number of hydrogen-bond donors (Lipinski definition) is 6. The van der Waals surface area contributed by atoms with Crippen LogP contribution in [0.3, 0.4) is 0 Å². The fourth-order valence-electron chi connectivity index (χ4n) is 10.6. The number of ketones is 8. The Labute approximate surface area is 340 Å². The molecule has 10 atom stereocenters. The summed E-state index contributed by atoms with van der Waals surface area (Å²) in [5, 5.41) is 44.3. The minimum atomic E-state index is -2.76. The van der Waals surface area contributed by atoms with Gasteiger partial charge in [0.15, 0.2) is 69.3 Å². The molecule has 60 heavy (non-hydrogen) atoms. The first-order valence-corrected chi connectivity index (χ1v) is 19.4. The molecule has 8 rings (SSSR count). The molecule has 0 aromatic heterocycles. The number of fused-ring (bicyclic) bond motifs is 6. The molecular formula is C44H36N2O14. The van der Waals surface area contributed by atoms with Crippen LogP contribution in [0.1, 0.15) is 81.5 Å². The van der Waals surface area contributed by atoms with Gasteiger partial charge in [0.1, 0.15) is 11.5 Å². The van der Waals surface area contributed by atoms with Crippen LogP contribution in [-0.4, -0.2) is 89.7 Å². The Morgan fingerprint density at radius 2 is 0.950 bits per heavy atom.